The number of amides is 1. The van der Waals surface area contributed by atoms with Crippen LogP contribution in [0.3, 0.4) is 0 Å². The molecule has 2 N–H and O–H groups in total. The second kappa shape index (κ2) is 7.90. The third kappa shape index (κ3) is 4.22. The first-order valence-electron chi connectivity index (χ1n) is 8.12. The van der Waals surface area contributed by atoms with Crippen molar-refractivity contribution in [1.82, 2.24) is 9.97 Å². The van der Waals surface area contributed by atoms with Gasteiger partial charge in [0.25, 0.3) is 5.91 Å². The van der Waals surface area contributed by atoms with Crippen molar-refractivity contribution in [3.8, 4) is 6.07 Å². The number of carbonyl (C=O) groups is 1. The fourth-order valence-corrected chi connectivity index (χ4v) is 2.40. The number of nitriles is 1. The van der Waals surface area contributed by atoms with Gasteiger partial charge in [0.1, 0.15) is 5.69 Å². The number of carbonyl (C=O) groups excluding carboxylic acids is 1. The molecule has 1 heterocycles. The highest BCUT2D eigenvalue weighted by molar-refractivity contribution is 6.02. The van der Waals surface area contributed by atoms with Crippen LogP contribution in [0.25, 0.3) is 0 Å². The third-order valence-electron chi connectivity index (χ3n) is 3.81. The van der Waals surface area contributed by atoms with E-state index < -0.39 is 0 Å². The first-order chi connectivity index (χ1) is 12.7. The molecule has 1 aromatic heterocycles. The van der Waals surface area contributed by atoms with Gasteiger partial charge in [-0.25, -0.2) is 9.97 Å². The summed E-state index contributed by atoms with van der Waals surface area (Å²) >= 11 is 0. The maximum Gasteiger partial charge on any atom is 0.274 e. The molecule has 0 saturated carbocycles. The monoisotopic (exact) mass is 343 g/mol. The number of hydrogen-bond acceptors (Lipinski definition) is 5. The molecule has 0 radical (unpaired) electrons. The van der Waals surface area contributed by atoms with Gasteiger partial charge in [-0.05, 0) is 42.8 Å². The minimum Gasteiger partial charge on any atom is -0.348 e. The van der Waals surface area contributed by atoms with Crippen LogP contribution in [0.15, 0.2) is 66.9 Å². The van der Waals surface area contributed by atoms with Crippen molar-refractivity contribution in [3.05, 3.63) is 83.7 Å². The second-order valence-corrected chi connectivity index (χ2v) is 5.69. The molecule has 1 unspecified atom stereocenters. The fourth-order valence-electron chi connectivity index (χ4n) is 2.40. The Bertz CT molecular complexity index is 932. The van der Waals surface area contributed by atoms with Gasteiger partial charge < -0.3 is 10.6 Å². The molecule has 6 nitrogen and oxygen atoms in total. The number of aromatic nitrogens is 2. The molecule has 0 saturated heterocycles. The first-order valence-corrected chi connectivity index (χ1v) is 8.12. The summed E-state index contributed by atoms with van der Waals surface area (Å²) in [6.45, 7) is 2.00. The summed E-state index contributed by atoms with van der Waals surface area (Å²) in [4.78, 5) is 20.8. The van der Waals surface area contributed by atoms with E-state index in [0.717, 1.165) is 5.56 Å². The predicted octanol–water partition coefficient (Wildman–Crippen LogP) is 3.77. The van der Waals surface area contributed by atoms with Crippen molar-refractivity contribution in [2.45, 2.75) is 13.0 Å². The van der Waals surface area contributed by atoms with Crippen LogP contribution in [0, 0.1) is 11.3 Å². The topological polar surface area (TPSA) is 90.7 Å². The molecule has 26 heavy (non-hydrogen) atoms. The van der Waals surface area contributed by atoms with Crippen LogP contribution in [0.5, 0.6) is 0 Å². The summed E-state index contributed by atoms with van der Waals surface area (Å²) < 4.78 is 0. The Hall–Kier alpha value is -3.72. The first kappa shape index (κ1) is 17.1. The molecular formula is C20H17N5O. The maximum atomic E-state index is 12.4. The molecule has 0 aliphatic carbocycles. The fraction of sp³-hybridized carbons (Fsp3) is 0.100. The molecule has 0 spiro atoms. The van der Waals surface area contributed by atoms with Crippen molar-refractivity contribution < 1.29 is 4.79 Å². The van der Waals surface area contributed by atoms with Crippen LogP contribution in [-0.4, -0.2) is 15.9 Å². The summed E-state index contributed by atoms with van der Waals surface area (Å²) in [5.74, 6) is 0.0429. The van der Waals surface area contributed by atoms with Gasteiger partial charge in [-0.3, -0.25) is 4.79 Å². The Morgan fingerprint density at radius 1 is 1.08 bits per heavy atom. The number of nitrogens with one attached hydrogen (secondary N) is 2. The van der Waals surface area contributed by atoms with Gasteiger partial charge in [-0.2, -0.15) is 5.26 Å². The Labute approximate surface area is 151 Å². The minimum absolute atomic E-state index is 0.00744. The molecule has 2 aromatic carbocycles. The molecule has 128 valence electrons. The lowest BCUT2D eigenvalue weighted by molar-refractivity contribution is 0.102. The highest BCUT2D eigenvalue weighted by atomic mass is 16.1. The van der Waals surface area contributed by atoms with Gasteiger partial charge in [0, 0.05) is 11.9 Å². The summed E-state index contributed by atoms with van der Waals surface area (Å²) in [5.41, 5.74) is 2.49. The Balaban J connectivity index is 1.70. The van der Waals surface area contributed by atoms with Gasteiger partial charge in [-0.1, -0.05) is 30.3 Å². The second-order valence-electron chi connectivity index (χ2n) is 5.69. The maximum absolute atomic E-state index is 12.4. The van der Waals surface area contributed by atoms with Gasteiger partial charge in [0.15, 0.2) is 0 Å². The van der Waals surface area contributed by atoms with Crippen LogP contribution in [0.1, 0.15) is 34.6 Å². The number of hydrogen-bond donors (Lipinski definition) is 2. The van der Waals surface area contributed by atoms with Gasteiger partial charge in [0.05, 0.1) is 17.7 Å². The third-order valence-corrected chi connectivity index (χ3v) is 3.81. The van der Waals surface area contributed by atoms with Crippen molar-refractivity contribution in [2.24, 2.45) is 0 Å². The van der Waals surface area contributed by atoms with Crippen LogP contribution >= 0.6 is 0 Å². The van der Waals surface area contributed by atoms with E-state index in [9.17, 15) is 4.79 Å². The molecule has 3 aromatic rings. The quantitative estimate of drug-likeness (QED) is 0.736. The summed E-state index contributed by atoms with van der Waals surface area (Å²) in [5, 5.41) is 14.8. The molecule has 0 fully saturated rings. The molecular weight excluding hydrogens is 326 g/mol. The van der Waals surface area contributed by atoms with E-state index in [2.05, 4.69) is 20.6 Å². The van der Waals surface area contributed by atoms with Crippen molar-refractivity contribution in [2.75, 3.05) is 10.6 Å². The Kier molecular flexibility index (Phi) is 5.20. The molecule has 6 heteroatoms. The van der Waals surface area contributed by atoms with Crippen molar-refractivity contribution >= 4 is 17.5 Å². The predicted molar refractivity (Wildman–Crippen MR) is 99.6 cm³/mol. The average Bonchev–Trinajstić information content (AvgIpc) is 2.69. The zero-order chi connectivity index (χ0) is 18.4. The molecule has 0 aliphatic heterocycles. The summed E-state index contributed by atoms with van der Waals surface area (Å²) in [7, 11) is 0. The van der Waals surface area contributed by atoms with Crippen LogP contribution in [0.4, 0.5) is 11.6 Å². The van der Waals surface area contributed by atoms with E-state index in [1.54, 1.807) is 36.5 Å². The van der Waals surface area contributed by atoms with Gasteiger partial charge in [0.2, 0.25) is 5.95 Å². The van der Waals surface area contributed by atoms with Crippen LogP contribution < -0.4 is 10.6 Å². The zero-order valence-electron chi connectivity index (χ0n) is 14.2. The van der Waals surface area contributed by atoms with Crippen molar-refractivity contribution in [1.29, 1.82) is 5.26 Å². The highest BCUT2D eigenvalue weighted by Gasteiger charge is 2.11. The Morgan fingerprint density at radius 2 is 1.81 bits per heavy atom. The largest absolute Gasteiger partial charge is 0.348 e. The number of nitrogens with zero attached hydrogens (tertiary/aromatic N) is 3. The molecule has 1 atom stereocenters. The SMILES string of the molecule is CC(Nc1nccc(C(=O)Nc2ccc(C#N)cc2)n1)c1ccccc1. The zero-order valence-corrected chi connectivity index (χ0v) is 14.2. The smallest absolute Gasteiger partial charge is 0.274 e. The lowest BCUT2D eigenvalue weighted by atomic mass is 10.1. The molecule has 0 bridgehead atoms. The lowest BCUT2D eigenvalue weighted by Crippen LogP contribution is -2.16. The summed E-state index contributed by atoms with van der Waals surface area (Å²) in [6.07, 6.45) is 1.54. The van der Waals surface area contributed by atoms with Crippen molar-refractivity contribution in [3.63, 3.8) is 0 Å². The standard InChI is InChI=1S/C20H17N5O/c1-14(16-5-3-2-4-6-16)23-20-22-12-11-18(25-20)19(26)24-17-9-7-15(13-21)8-10-17/h2-12,14H,1H3,(H,24,26)(H,22,23,25). The Morgan fingerprint density at radius 3 is 2.50 bits per heavy atom. The molecule has 1 amide bonds. The number of benzene rings is 2. The summed E-state index contributed by atoms with van der Waals surface area (Å²) in [6, 6.07) is 20.2. The number of anilines is 2. The van der Waals surface area contributed by atoms with Gasteiger partial charge in [-0.15, -0.1) is 0 Å². The molecule has 3 rings (SSSR count). The highest BCUT2D eigenvalue weighted by Crippen LogP contribution is 2.16. The van der Waals surface area contributed by atoms with Crippen LogP contribution in [0.2, 0.25) is 0 Å². The van der Waals surface area contributed by atoms with E-state index in [1.807, 2.05) is 43.3 Å². The number of rotatable bonds is 5. The van der Waals surface area contributed by atoms with E-state index in [-0.39, 0.29) is 17.6 Å². The van der Waals surface area contributed by atoms with Gasteiger partial charge >= 0.3 is 0 Å². The normalized spacial score (nSPS) is 11.2. The minimum atomic E-state index is -0.340. The van der Waals surface area contributed by atoms with E-state index >= 15 is 0 Å². The average molecular weight is 343 g/mol. The van der Waals surface area contributed by atoms with E-state index in [0.29, 0.717) is 17.2 Å². The van der Waals surface area contributed by atoms with E-state index in [4.69, 9.17) is 5.26 Å². The lowest BCUT2D eigenvalue weighted by Gasteiger charge is -2.14. The van der Waals surface area contributed by atoms with Crippen LogP contribution in [-0.2, 0) is 0 Å². The molecule has 0 aliphatic rings. The van der Waals surface area contributed by atoms with E-state index in [1.165, 1.54) is 0 Å².